The van der Waals surface area contributed by atoms with Crippen LogP contribution in [0.4, 0.5) is 4.39 Å². The highest BCUT2D eigenvalue weighted by Gasteiger charge is 2.24. The van der Waals surface area contributed by atoms with Gasteiger partial charge in [0.15, 0.2) is 0 Å². The van der Waals surface area contributed by atoms with Gasteiger partial charge in [-0.05, 0) is 36.1 Å². The van der Waals surface area contributed by atoms with Crippen molar-refractivity contribution < 1.29 is 13.9 Å². The molecule has 3 aromatic rings. The average molecular weight is 382 g/mol. The molecule has 3 rings (SSSR count). The van der Waals surface area contributed by atoms with Crippen molar-refractivity contribution in [2.45, 2.75) is 32.6 Å². The fourth-order valence-electron chi connectivity index (χ4n) is 3.69. The first-order valence-electron chi connectivity index (χ1n) is 9.65. The molecule has 0 unspecified atom stereocenters. The van der Waals surface area contributed by atoms with Crippen LogP contribution < -0.4 is 5.32 Å². The van der Waals surface area contributed by atoms with E-state index >= 15 is 0 Å². The van der Waals surface area contributed by atoms with Gasteiger partial charge >= 0.3 is 0 Å². The third-order valence-corrected chi connectivity index (χ3v) is 5.13. The van der Waals surface area contributed by atoms with Gasteiger partial charge in [-0.1, -0.05) is 42.8 Å². The van der Waals surface area contributed by atoms with Crippen molar-refractivity contribution in [2.75, 3.05) is 20.3 Å². The molecule has 0 aliphatic rings. The minimum absolute atomic E-state index is 0.121. The molecule has 2 aromatic carbocycles. The number of amides is 1. The molecule has 148 valence electrons. The number of carbonyl (C=O) groups excluding carboxylic acids is 1. The van der Waals surface area contributed by atoms with Crippen molar-refractivity contribution in [3.63, 3.8) is 0 Å². The van der Waals surface area contributed by atoms with Crippen LogP contribution in [-0.2, 0) is 16.0 Å². The van der Waals surface area contributed by atoms with E-state index in [9.17, 15) is 9.18 Å². The van der Waals surface area contributed by atoms with E-state index in [1.54, 1.807) is 13.2 Å². The monoisotopic (exact) mass is 382 g/mol. The fraction of sp³-hybridized carbons (Fsp3) is 0.348. The lowest BCUT2D eigenvalue weighted by Gasteiger charge is -2.19. The number of hydrogen-bond donors (Lipinski definition) is 2. The molecule has 1 amide bonds. The van der Waals surface area contributed by atoms with E-state index in [0.29, 0.717) is 18.7 Å². The van der Waals surface area contributed by atoms with Gasteiger partial charge in [-0.15, -0.1) is 0 Å². The molecule has 0 saturated carbocycles. The normalized spacial score (nSPS) is 12.3. The SMILES string of the molecule is CCc1cccc2c([C@H](CC(=O)NCCOC)c3cc(C)ccc3F)c[nH]c12. The summed E-state index contributed by atoms with van der Waals surface area (Å²) in [5, 5.41) is 3.89. The summed E-state index contributed by atoms with van der Waals surface area (Å²) in [6.07, 6.45) is 2.99. The number of methoxy groups -OCH3 is 1. The van der Waals surface area contributed by atoms with E-state index in [2.05, 4.69) is 23.3 Å². The Morgan fingerprint density at radius 2 is 2.07 bits per heavy atom. The molecule has 5 heteroatoms. The van der Waals surface area contributed by atoms with Gasteiger partial charge in [0.05, 0.1) is 6.61 Å². The van der Waals surface area contributed by atoms with Gasteiger partial charge in [-0.25, -0.2) is 4.39 Å². The summed E-state index contributed by atoms with van der Waals surface area (Å²) in [6, 6.07) is 11.2. The molecular formula is C23H27FN2O2. The van der Waals surface area contributed by atoms with Crippen LogP contribution in [0, 0.1) is 12.7 Å². The summed E-state index contributed by atoms with van der Waals surface area (Å²) in [5.41, 5.74) is 4.71. The van der Waals surface area contributed by atoms with Gasteiger partial charge in [0, 0.05) is 43.1 Å². The number of benzene rings is 2. The first kappa shape index (κ1) is 20.1. The van der Waals surface area contributed by atoms with Crippen LogP contribution in [0.5, 0.6) is 0 Å². The summed E-state index contributed by atoms with van der Waals surface area (Å²) < 4.78 is 19.7. The van der Waals surface area contributed by atoms with E-state index in [0.717, 1.165) is 28.5 Å². The van der Waals surface area contributed by atoms with Crippen LogP contribution >= 0.6 is 0 Å². The zero-order valence-electron chi connectivity index (χ0n) is 16.6. The van der Waals surface area contributed by atoms with Gasteiger partial charge in [0.2, 0.25) is 5.91 Å². The molecule has 1 atom stereocenters. The molecule has 0 saturated heterocycles. The molecule has 0 fully saturated rings. The maximum absolute atomic E-state index is 14.8. The van der Waals surface area contributed by atoms with Gasteiger partial charge in [-0.2, -0.15) is 0 Å². The molecular weight excluding hydrogens is 355 g/mol. The second-order valence-electron chi connectivity index (χ2n) is 7.06. The Bertz CT molecular complexity index is 964. The number of aryl methyl sites for hydroxylation is 2. The third-order valence-electron chi connectivity index (χ3n) is 5.13. The maximum Gasteiger partial charge on any atom is 0.221 e. The highest BCUT2D eigenvalue weighted by atomic mass is 19.1. The second kappa shape index (κ2) is 9.02. The Balaban J connectivity index is 2.04. The van der Waals surface area contributed by atoms with Crippen molar-refractivity contribution in [1.29, 1.82) is 0 Å². The van der Waals surface area contributed by atoms with Crippen LogP contribution in [-0.4, -0.2) is 31.2 Å². The first-order valence-corrected chi connectivity index (χ1v) is 9.65. The molecule has 0 bridgehead atoms. The van der Waals surface area contributed by atoms with E-state index in [4.69, 9.17) is 4.74 Å². The number of fused-ring (bicyclic) bond motifs is 1. The number of ether oxygens (including phenoxy) is 1. The Morgan fingerprint density at radius 1 is 1.25 bits per heavy atom. The quantitative estimate of drug-likeness (QED) is 0.565. The average Bonchev–Trinajstić information content (AvgIpc) is 3.12. The van der Waals surface area contributed by atoms with Gasteiger partial charge in [-0.3, -0.25) is 4.79 Å². The zero-order chi connectivity index (χ0) is 20.1. The summed E-state index contributed by atoms with van der Waals surface area (Å²) in [7, 11) is 1.59. The minimum Gasteiger partial charge on any atom is -0.383 e. The highest BCUT2D eigenvalue weighted by molar-refractivity contribution is 5.88. The number of H-pyrrole nitrogens is 1. The van der Waals surface area contributed by atoms with Gasteiger partial charge in [0.25, 0.3) is 0 Å². The molecule has 2 N–H and O–H groups in total. The number of aromatic nitrogens is 1. The highest BCUT2D eigenvalue weighted by Crippen LogP contribution is 2.36. The van der Waals surface area contributed by atoms with Crippen molar-refractivity contribution >= 4 is 16.8 Å². The number of halogens is 1. The molecule has 1 heterocycles. The number of para-hydroxylation sites is 1. The Kier molecular flexibility index (Phi) is 6.47. The summed E-state index contributed by atoms with van der Waals surface area (Å²) in [5.74, 6) is -0.784. The van der Waals surface area contributed by atoms with Gasteiger partial charge < -0.3 is 15.0 Å². The smallest absolute Gasteiger partial charge is 0.221 e. The summed E-state index contributed by atoms with van der Waals surface area (Å²) >= 11 is 0. The summed E-state index contributed by atoms with van der Waals surface area (Å²) in [6.45, 7) is 4.92. The van der Waals surface area contributed by atoms with Crippen LogP contribution in [0.15, 0.2) is 42.6 Å². The van der Waals surface area contributed by atoms with Crippen LogP contribution in [0.2, 0.25) is 0 Å². The standard InChI is InChI=1S/C23H27FN2O2/c1-4-16-6-5-7-17-20(14-26-23(16)17)18(13-22(27)25-10-11-28-3)19-12-15(2)8-9-21(19)24/h5-9,12,14,18,26H,4,10-11,13H2,1-3H3,(H,25,27)/t18-/m1/s1. The van der Waals surface area contributed by atoms with E-state index in [1.807, 2.05) is 31.3 Å². The molecule has 28 heavy (non-hydrogen) atoms. The fourth-order valence-corrected chi connectivity index (χ4v) is 3.69. The van der Waals surface area contributed by atoms with Crippen molar-refractivity contribution in [3.8, 4) is 0 Å². The first-order chi connectivity index (χ1) is 13.5. The number of nitrogens with one attached hydrogen (secondary N) is 2. The van der Waals surface area contributed by atoms with Crippen molar-refractivity contribution in [1.82, 2.24) is 10.3 Å². The van der Waals surface area contributed by atoms with E-state index in [-0.39, 0.29) is 24.1 Å². The molecule has 1 aromatic heterocycles. The minimum atomic E-state index is -0.372. The lowest BCUT2D eigenvalue weighted by Crippen LogP contribution is -2.28. The zero-order valence-corrected chi connectivity index (χ0v) is 16.6. The Hall–Kier alpha value is -2.66. The topological polar surface area (TPSA) is 54.1 Å². The molecule has 0 aliphatic carbocycles. The van der Waals surface area contributed by atoms with Crippen LogP contribution in [0.3, 0.4) is 0 Å². The number of hydrogen-bond acceptors (Lipinski definition) is 2. The van der Waals surface area contributed by atoms with Crippen molar-refractivity contribution in [2.24, 2.45) is 0 Å². The van der Waals surface area contributed by atoms with Crippen molar-refractivity contribution in [3.05, 3.63) is 70.7 Å². The Morgan fingerprint density at radius 3 is 2.82 bits per heavy atom. The Labute approximate surface area is 165 Å². The number of carbonyl (C=O) groups is 1. The van der Waals surface area contributed by atoms with Gasteiger partial charge in [0.1, 0.15) is 5.82 Å². The molecule has 0 aliphatic heterocycles. The number of rotatable bonds is 8. The van der Waals surface area contributed by atoms with Crippen LogP contribution in [0.1, 0.15) is 41.5 Å². The second-order valence-corrected chi connectivity index (χ2v) is 7.06. The lowest BCUT2D eigenvalue weighted by atomic mass is 9.86. The van der Waals surface area contributed by atoms with E-state index in [1.165, 1.54) is 11.6 Å². The largest absolute Gasteiger partial charge is 0.383 e. The predicted octanol–water partition coefficient (Wildman–Crippen LogP) is 4.46. The predicted molar refractivity (Wildman–Crippen MR) is 110 cm³/mol. The molecule has 0 spiro atoms. The number of aromatic amines is 1. The van der Waals surface area contributed by atoms with Crippen LogP contribution in [0.25, 0.3) is 10.9 Å². The maximum atomic E-state index is 14.8. The molecule has 4 nitrogen and oxygen atoms in total. The van der Waals surface area contributed by atoms with E-state index < -0.39 is 0 Å². The molecule has 0 radical (unpaired) electrons. The third kappa shape index (κ3) is 4.25. The lowest BCUT2D eigenvalue weighted by molar-refractivity contribution is -0.121. The summed E-state index contributed by atoms with van der Waals surface area (Å²) in [4.78, 5) is 15.9.